The first kappa shape index (κ1) is 12.8. The van der Waals surface area contributed by atoms with Gasteiger partial charge >= 0.3 is 0 Å². The predicted octanol–water partition coefficient (Wildman–Crippen LogP) is 0.727. The van der Waals surface area contributed by atoms with E-state index in [4.69, 9.17) is 4.74 Å². The molecule has 0 aliphatic carbocycles. The van der Waals surface area contributed by atoms with Crippen molar-refractivity contribution in [2.45, 2.75) is 19.8 Å². The fourth-order valence-corrected chi connectivity index (χ4v) is 2.97. The number of hydrogen-bond acceptors (Lipinski definition) is 3. The van der Waals surface area contributed by atoms with Crippen molar-refractivity contribution in [2.75, 3.05) is 39.9 Å². The SMILES string of the molecule is COCC1CN(C(=O)C2CCCNC2)CC1C. The average molecular weight is 240 g/mol. The maximum atomic E-state index is 12.3. The molecule has 0 aromatic rings. The van der Waals surface area contributed by atoms with E-state index in [0.717, 1.165) is 45.6 Å². The lowest BCUT2D eigenvalue weighted by Crippen LogP contribution is -2.42. The van der Waals surface area contributed by atoms with Gasteiger partial charge in [-0.05, 0) is 25.3 Å². The summed E-state index contributed by atoms with van der Waals surface area (Å²) in [5.74, 6) is 1.64. The van der Waals surface area contributed by atoms with Crippen LogP contribution in [-0.2, 0) is 9.53 Å². The normalized spacial score (nSPS) is 34.0. The van der Waals surface area contributed by atoms with E-state index in [0.29, 0.717) is 17.7 Å². The van der Waals surface area contributed by atoms with Crippen LogP contribution in [0.25, 0.3) is 0 Å². The minimum Gasteiger partial charge on any atom is -0.384 e. The molecule has 1 N–H and O–H groups in total. The van der Waals surface area contributed by atoms with Crippen LogP contribution in [0.15, 0.2) is 0 Å². The van der Waals surface area contributed by atoms with Gasteiger partial charge in [-0.25, -0.2) is 0 Å². The topological polar surface area (TPSA) is 41.6 Å². The van der Waals surface area contributed by atoms with Crippen LogP contribution in [0.3, 0.4) is 0 Å². The summed E-state index contributed by atoms with van der Waals surface area (Å²) in [6.45, 7) is 6.70. The Kier molecular flexibility index (Phi) is 4.40. The predicted molar refractivity (Wildman–Crippen MR) is 66.7 cm³/mol. The number of nitrogens with zero attached hydrogens (tertiary/aromatic N) is 1. The van der Waals surface area contributed by atoms with Gasteiger partial charge < -0.3 is 15.0 Å². The Morgan fingerprint density at radius 1 is 1.47 bits per heavy atom. The van der Waals surface area contributed by atoms with Gasteiger partial charge in [0.15, 0.2) is 0 Å². The molecule has 0 aromatic carbocycles. The average Bonchev–Trinajstić information content (AvgIpc) is 2.72. The minimum atomic E-state index is 0.206. The molecule has 3 unspecified atom stereocenters. The molecule has 0 aromatic heterocycles. The van der Waals surface area contributed by atoms with Gasteiger partial charge in [0, 0.05) is 32.7 Å². The molecule has 17 heavy (non-hydrogen) atoms. The number of ether oxygens (including phenoxy) is 1. The summed E-state index contributed by atoms with van der Waals surface area (Å²) in [4.78, 5) is 14.4. The van der Waals surface area contributed by atoms with Crippen LogP contribution in [-0.4, -0.2) is 50.7 Å². The lowest BCUT2D eigenvalue weighted by molar-refractivity contribution is -0.135. The van der Waals surface area contributed by atoms with Crippen molar-refractivity contribution < 1.29 is 9.53 Å². The van der Waals surface area contributed by atoms with E-state index in [1.165, 1.54) is 0 Å². The molecule has 2 rings (SSSR count). The molecule has 1 amide bonds. The summed E-state index contributed by atoms with van der Waals surface area (Å²) < 4.78 is 5.22. The maximum Gasteiger partial charge on any atom is 0.226 e. The summed E-state index contributed by atoms with van der Waals surface area (Å²) in [5.41, 5.74) is 0. The Bertz CT molecular complexity index is 264. The first-order valence-electron chi connectivity index (χ1n) is 6.70. The summed E-state index contributed by atoms with van der Waals surface area (Å²) in [6.07, 6.45) is 2.17. The maximum absolute atomic E-state index is 12.3. The molecule has 2 fully saturated rings. The third kappa shape index (κ3) is 2.99. The van der Waals surface area contributed by atoms with Gasteiger partial charge in [0.25, 0.3) is 0 Å². The molecule has 2 saturated heterocycles. The fraction of sp³-hybridized carbons (Fsp3) is 0.923. The van der Waals surface area contributed by atoms with Crippen LogP contribution in [0.4, 0.5) is 0 Å². The molecule has 4 nitrogen and oxygen atoms in total. The molecule has 0 radical (unpaired) electrons. The van der Waals surface area contributed by atoms with Crippen molar-refractivity contribution in [1.29, 1.82) is 0 Å². The number of rotatable bonds is 3. The van der Waals surface area contributed by atoms with Crippen LogP contribution in [0.1, 0.15) is 19.8 Å². The van der Waals surface area contributed by atoms with E-state index in [1.807, 2.05) is 4.90 Å². The van der Waals surface area contributed by atoms with Crippen molar-refractivity contribution in [3.63, 3.8) is 0 Å². The van der Waals surface area contributed by atoms with Gasteiger partial charge in [0.1, 0.15) is 0 Å². The van der Waals surface area contributed by atoms with Gasteiger partial charge in [-0.3, -0.25) is 4.79 Å². The van der Waals surface area contributed by atoms with Gasteiger partial charge in [-0.2, -0.15) is 0 Å². The summed E-state index contributed by atoms with van der Waals surface area (Å²) in [6, 6.07) is 0. The second kappa shape index (κ2) is 5.83. The van der Waals surface area contributed by atoms with Crippen LogP contribution in [0.5, 0.6) is 0 Å². The second-order valence-corrected chi connectivity index (χ2v) is 5.48. The van der Waals surface area contributed by atoms with Crippen LogP contribution in [0, 0.1) is 17.8 Å². The number of nitrogens with one attached hydrogen (secondary N) is 1. The third-order valence-corrected chi connectivity index (χ3v) is 4.11. The molecule has 0 spiro atoms. The van der Waals surface area contributed by atoms with Crippen molar-refractivity contribution in [1.82, 2.24) is 10.2 Å². The molecular weight excluding hydrogens is 216 g/mol. The van der Waals surface area contributed by atoms with E-state index in [1.54, 1.807) is 7.11 Å². The molecule has 0 saturated carbocycles. The van der Waals surface area contributed by atoms with Crippen molar-refractivity contribution in [3.8, 4) is 0 Å². The van der Waals surface area contributed by atoms with Crippen LogP contribution < -0.4 is 5.32 Å². The molecule has 2 heterocycles. The highest BCUT2D eigenvalue weighted by atomic mass is 16.5. The number of carbonyl (C=O) groups excluding carboxylic acids is 1. The van der Waals surface area contributed by atoms with Gasteiger partial charge in [-0.15, -0.1) is 0 Å². The summed E-state index contributed by atoms with van der Waals surface area (Å²) >= 11 is 0. The largest absolute Gasteiger partial charge is 0.384 e. The quantitative estimate of drug-likeness (QED) is 0.790. The highest BCUT2D eigenvalue weighted by Gasteiger charge is 2.35. The van der Waals surface area contributed by atoms with Crippen molar-refractivity contribution >= 4 is 5.91 Å². The van der Waals surface area contributed by atoms with Gasteiger partial charge in [0.2, 0.25) is 5.91 Å². The number of methoxy groups -OCH3 is 1. The molecular formula is C13H24N2O2. The molecule has 3 atom stereocenters. The molecule has 0 bridgehead atoms. The van der Waals surface area contributed by atoms with Crippen molar-refractivity contribution in [2.24, 2.45) is 17.8 Å². The number of amides is 1. The molecule has 98 valence electrons. The monoisotopic (exact) mass is 240 g/mol. The smallest absolute Gasteiger partial charge is 0.226 e. The highest BCUT2D eigenvalue weighted by Crippen LogP contribution is 2.25. The first-order valence-corrected chi connectivity index (χ1v) is 6.70. The zero-order chi connectivity index (χ0) is 12.3. The lowest BCUT2D eigenvalue weighted by Gasteiger charge is -2.26. The first-order chi connectivity index (χ1) is 8.22. The van der Waals surface area contributed by atoms with Crippen LogP contribution >= 0.6 is 0 Å². The Balaban J connectivity index is 1.88. The second-order valence-electron chi connectivity index (χ2n) is 5.48. The summed E-state index contributed by atoms with van der Waals surface area (Å²) in [5, 5.41) is 3.31. The zero-order valence-corrected chi connectivity index (χ0v) is 10.9. The van der Waals surface area contributed by atoms with Gasteiger partial charge in [0.05, 0.1) is 12.5 Å². The number of hydrogen-bond donors (Lipinski definition) is 1. The third-order valence-electron chi connectivity index (χ3n) is 4.11. The Morgan fingerprint density at radius 2 is 2.29 bits per heavy atom. The standard InChI is InChI=1S/C13H24N2O2/c1-10-7-15(8-12(10)9-17-2)13(16)11-4-3-5-14-6-11/h10-12,14H,3-9H2,1-2H3. The number of carbonyl (C=O) groups is 1. The van der Waals surface area contributed by atoms with Crippen molar-refractivity contribution in [3.05, 3.63) is 0 Å². The Hall–Kier alpha value is -0.610. The minimum absolute atomic E-state index is 0.206. The lowest BCUT2D eigenvalue weighted by atomic mass is 9.98. The molecule has 2 aliphatic heterocycles. The number of piperidine rings is 1. The Labute approximate surface area is 104 Å². The van der Waals surface area contributed by atoms with E-state index in [-0.39, 0.29) is 5.92 Å². The van der Waals surface area contributed by atoms with E-state index >= 15 is 0 Å². The van der Waals surface area contributed by atoms with E-state index in [2.05, 4.69) is 12.2 Å². The Morgan fingerprint density at radius 3 is 2.94 bits per heavy atom. The summed E-state index contributed by atoms with van der Waals surface area (Å²) in [7, 11) is 1.74. The fourth-order valence-electron chi connectivity index (χ4n) is 2.97. The zero-order valence-electron chi connectivity index (χ0n) is 10.9. The molecule has 4 heteroatoms. The van der Waals surface area contributed by atoms with E-state index < -0.39 is 0 Å². The highest BCUT2D eigenvalue weighted by molar-refractivity contribution is 5.79. The van der Waals surface area contributed by atoms with Crippen LogP contribution in [0.2, 0.25) is 0 Å². The number of likely N-dealkylation sites (tertiary alicyclic amines) is 1. The molecule has 2 aliphatic rings. The van der Waals surface area contributed by atoms with E-state index in [9.17, 15) is 4.79 Å². The van der Waals surface area contributed by atoms with Gasteiger partial charge in [-0.1, -0.05) is 6.92 Å².